The van der Waals surface area contributed by atoms with Crippen LogP contribution in [0.5, 0.6) is 0 Å². The third-order valence-electron chi connectivity index (χ3n) is 3.55. The molecule has 0 unspecified atom stereocenters. The van der Waals surface area contributed by atoms with E-state index in [1.807, 2.05) is 12.3 Å². The number of nitrogens with zero attached hydrogens (tertiary/aromatic N) is 3. The Labute approximate surface area is 117 Å². The molecule has 0 bridgehead atoms. The van der Waals surface area contributed by atoms with Gasteiger partial charge < -0.3 is 15.5 Å². The molecule has 2 N–H and O–H groups in total. The fourth-order valence-corrected chi connectivity index (χ4v) is 2.22. The maximum atomic E-state index is 5.68. The van der Waals surface area contributed by atoms with Gasteiger partial charge in [0.2, 0.25) is 0 Å². The minimum atomic E-state index is 0.576. The van der Waals surface area contributed by atoms with Crippen molar-refractivity contribution in [2.75, 3.05) is 37.6 Å². The summed E-state index contributed by atoms with van der Waals surface area (Å²) >= 11 is 0. The summed E-state index contributed by atoms with van der Waals surface area (Å²) in [6.45, 7) is 12.6. The van der Waals surface area contributed by atoms with Crippen LogP contribution in [0.15, 0.2) is 18.3 Å². The summed E-state index contributed by atoms with van der Waals surface area (Å²) in [5.74, 6) is 1.05. The second-order valence-electron chi connectivity index (χ2n) is 4.69. The van der Waals surface area contributed by atoms with Crippen molar-refractivity contribution in [2.24, 2.45) is 5.73 Å². The number of hydrogen-bond acceptors (Lipinski definition) is 4. The SMILES string of the molecule is CCN(CC)CCCN(CC)c1cc(CN)ccn1. The van der Waals surface area contributed by atoms with E-state index in [1.165, 1.54) is 6.42 Å². The average Bonchev–Trinajstić information content (AvgIpc) is 2.47. The average molecular weight is 264 g/mol. The highest BCUT2D eigenvalue weighted by Gasteiger charge is 2.07. The summed E-state index contributed by atoms with van der Waals surface area (Å²) in [5.41, 5.74) is 6.83. The van der Waals surface area contributed by atoms with Gasteiger partial charge in [-0.1, -0.05) is 13.8 Å². The molecule has 1 rings (SSSR count). The lowest BCUT2D eigenvalue weighted by molar-refractivity contribution is 0.300. The van der Waals surface area contributed by atoms with E-state index >= 15 is 0 Å². The minimum Gasteiger partial charge on any atom is -0.357 e. The molecule has 0 spiro atoms. The lowest BCUT2D eigenvalue weighted by atomic mass is 10.2. The van der Waals surface area contributed by atoms with Gasteiger partial charge in [0.25, 0.3) is 0 Å². The van der Waals surface area contributed by atoms with Crippen LogP contribution in [-0.4, -0.2) is 42.6 Å². The summed E-state index contributed by atoms with van der Waals surface area (Å²) in [5, 5.41) is 0. The van der Waals surface area contributed by atoms with Crippen LogP contribution < -0.4 is 10.6 Å². The van der Waals surface area contributed by atoms with Gasteiger partial charge in [0.15, 0.2) is 0 Å². The summed E-state index contributed by atoms with van der Waals surface area (Å²) < 4.78 is 0. The van der Waals surface area contributed by atoms with Gasteiger partial charge in [-0.15, -0.1) is 0 Å². The molecule has 1 aromatic rings. The van der Waals surface area contributed by atoms with Crippen LogP contribution in [0.25, 0.3) is 0 Å². The van der Waals surface area contributed by atoms with Gasteiger partial charge in [-0.2, -0.15) is 0 Å². The normalized spacial score (nSPS) is 11.0. The summed E-state index contributed by atoms with van der Waals surface area (Å²) in [4.78, 5) is 9.23. The highest BCUT2D eigenvalue weighted by molar-refractivity contribution is 5.40. The molecule has 0 atom stereocenters. The van der Waals surface area contributed by atoms with Crippen molar-refractivity contribution in [1.82, 2.24) is 9.88 Å². The van der Waals surface area contributed by atoms with Crippen molar-refractivity contribution in [3.63, 3.8) is 0 Å². The topological polar surface area (TPSA) is 45.4 Å². The Morgan fingerprint density at radius 3 is 2.42 bits per heavy atom. The standard InChI is InChI=1S/C15H28N4/c1-4-18(5-2)10-7-11-19(6-3)15-12-14(13-16)8-9-17-15/h8-9,12H,4-7,10-11,13,16H2,1-3H3. The molecule has 19 heavy (non-hydrogen) atoms. The molecular weight excluding hydrogens is 236 g/mol. The highest BCUT2D eigenvalue weighted by Crippen LogP contribution is 2.12. The van der Waals surface area contributed by atoms with Gasteiger partial charge in [0, 0.05) is 25.8 Å². The van der Waals surface area contributed by atoms with E-state index in [0.717, 1.165) is 44.1 Å². The van der Waals surface area contributed by atoms with Crippen molar-refractivity contribution < 1.29 is 0 Å². The van der Waals surface area contributed by atoms with Crippen LogP contribution in [0.3, 0.4) is 0 Å². The Balaban J connectivity index is 2.52. The van der Waals surface area contributed by atoms with Crippen LogP contribution in [0.4, 0.5) is 5.82 Å². The number of pyridine rings is 1. The van der Waals surface area contributed by atoms with Crippen molar-refractivity contribution in [1.29, 1.82) is 0 Å². The van der Waals surface area contributed by atoms with Crippen molar-refractivity contribution in [3.8, 4) is 0 Å². The predicted octanol–water partition coefficient (Wildman–Crippen LogP) is 2.10. The molecule has 0 aromatic carbocycles. The lowest BCUT2D eigenvalue weighted by Gasteiger charge is -2.24. The molecule has 0 saturated heterocycles. The van der Waals surface area contributed by atoms with Crippen LogP contribution in [0.2, 0.25) is 0 Å². The first kappa shape index (κ1) is 15.9. The van der Waals surface area contributed by atoms with E-state index in [4.69, 9.17) is 5.73 Å². The van der Waals surface area contributed by atoms with Gasteiger partial charge in [0.05, 0.1) is 0 Å². The first-order valence-corrected chi connectivity index (χ1v) is 7.37. The Hall–Kier alpha value is -1.13. The molecule has 4 nitrogen and oxygen atoms in total. The first-order chi connectivity index (χ1) is 9.24. The van der Waals surface area contributed by atoms with Crippen LogP contribution in [-0.2, 0) is 6.54 Å². The van der Waals surface area contributed by atoms with Crippen LogP contribution in [0.1, 0.15) is 32.8 Å². The molecule has 108 valence electrons. The molecule has 0 amide bonds. The van der Waals surface area contributed by atoms with Crippen molar-refractivity contribution >= 4 is 5.82 Å². The van der Waals surface area contributed by atoms with E-state index in [9.17, 15) is 0 Å². The Kier molecular flexibility index (Phi) is 7.45. The van der Waals surface area contributed by atoms with Crippen LogP contribution >= 0.6 is 0 Å². The zero-order chi connectivity index (χ0) is 14.1. The van der Waals surface area contributed by atoms with Gasteiger partial charge in [-0.3, -0.25) is 0 Å². The minimum absolute atomic E-state index is 0.576. The maximum absolute atomic E-state index is 5.68. The number of aromatic nitrogens is 1. The molecule has 0 aliphatic heterocycles. The van der Waals surface area contributed by atoms with E-state index < -0.39 is 0 Å². The van der Waals surface area contributed by atoms with Gasteiger partial charge in [-0.25, -0.2) is 4.98 Å². The largest absolute Gasteiger partial charge is 0.357 e. The highest BCUT2D eigenvalue weighted by atomic mass is 15.2. The van der Waals surface area contributed by atoms with E-state index in [2.05, 4.69) is 41.6 Å². The molecule has 0 radical (unpaired) electrons. The molecule has 4 heteroatoms. The molecule has 1 aromatic heterocycles. The van der Waals surface area contributed by atoms with Gasteiger partial charge in [-0.05, 0) is 50.7 Å². The van der Waals surface area contributed by atoms with Crippen molar-refractivity contribution in [3.05, 3.63) is 23.9 Å². The van der Waals surface area contributed by atoms with E-state index in [0.29, 0.717) is 6.54 Å². The number of hydrogen-bond donors (Lipinski definition) is 1. The summed E-state index contributed by atoms with van der Waals surface area (Å²) in [7, 11) is 0. The lowest BCUT2D eigenvalue weighted by Crippen LogP contribution is -2.30. The molecule has 0 fully saturated rings. The van der Waals surface area contributed by atoms with Crippen LogP contribution in [0, 0.1) is 0 Å². The number of anilines is 1. The number of rotatable bonds is 9. The number of nitrogens with two attached hydrogens (primary N) is 1. The maximum Gasteiger partial charge on any atom is 0.128 e. The first-order valence-electron chi connectivity index (χ1n) is 7.37. The fraction of sp³-hybridized carbons (Fsp3) is 0.667. The molecular formula is C15H28N4. The third kappa shape index (κ3) is 5.17. The monoisotopic (exact) mass is 264 g/mol. The van der Waals surface area contributed by atoms with E-state index in [1.54, 1.807) is 0 Å². The Morgan fingerprint density at radius 1 is 1.11 bits per heavy atom. The fourth-order valence-electron chi connectivity index (χ4n) is 2.22. The third-order valence-corrected chi connectivity index (χ3v) is 3.55. The smallest absolute Gasteiger partial charge is 0.128 e. The van der Waals surface area contributed by atoms with E-state index in [-0.39, 0.29) is 0 Å². The molecule has 1 heterocycles. The Morgan fingerprint density at radius 2 is 1.84 bits per heavy atom. The molecule has 0 aliphatic carbocycles. The van der Waals surface area contributed by atoms with Crippen molar-refractivity contribution in [2.45, 2.75) is 33.7 Å². The van der Waals surface area contributed by atoms with Gasteiger partial charge in [0.1, 0.15) is 5.82 Å². The second kappa shape index (κ2) is 8.88. The molecule has 0 aliphatic rings. The molecule has 0 saturated carbocycles. The summed E-state index contributed by atoms with van der Waals surface area (Å²) in [6, 6.07) is 4.08. The summed E-state index contributed by atoms with van der Waals surface area (Å²) in [6.07, 6.45) is 3.02. The zero-order valence-corrected chi connectivity index (χ0v) is 12.6. The van der Waals surface area contributed by atoms with Gasteiger partial charge >= 0.3 is 0 Å². The zero-order valence-electron chi connectivity index (χ0n) is 12.6. The second-order valence-corrected chi connectivity index (χ2v) is 4.69. The Bertz CT molecular complexity index is 350. The predicted molar refractivity (Wildman–Crippen MR) is 82.4 cm³/mol. The quantitative estimate of drug-likeness (QED) is 0.742.